The quantitative estimate of drug-likeness (QED) is 0.245. The van der Waals surface area contributed by atoms with E-state index in [1.54, 1.807) is 52.1 Å². The normalized spacial score (nSPS) is 12.4. The van der Waals surface area contributed by atoms with E-state index < -0.39 is 29.3 Å². The Morgan fingerprint density at radius 2 is 1.76 bits per heavy atom. The van der Waals surface area contributed by atoms with Gasteiger partial charge in [-0.3, -0.25) is 14.4 Å². The fraction of sp³-hybridized carbons (Fsp3) is 0.621. The summed E-state index contributed by atoms with van der Waals surface area (Å²) in [4.78, 5) is 62.5. The molecule has 0 fully saturated rings. The van der Waals surface area contributed by atoms with Crippen molar-refractivity contribution in [3.63, 3.8) is 0 Å². The molecule has 0 radical (unpaired) electrons. The predicted molar refractivity (Wildman–Crippen MR) is 146 cm³/mol. The molecular weight excluding hydrogens is 488 g/mol. The summed E-state index contributed by atoms with van der Waals surface area (Å²) in [6.45, 7) is 11.3. The van der Waals surface area contributed by atoms with Crippen LogP contribution in [0.2, 0.25) is 0 Å². The van der Waals surface area contributed by atoms with Gasteiger partial charge in [0.15, 0.2) is 11.6 Å². The second-order valence-corrected chi connectivity index (χ2v) is 10.3. The van der Waals surface area contributed by atoms with E-state index in [1.165, 1.54) is 10.6 Å². The van der Waals surface area contributed by atoms with Crippen molar-refractivity contribution >= 4 is 23.6 Å². The Morgan fingerprint density at radius 1 is 1.08 bits per heavy atom. The maximum absolute atomic E-state index is 13.2. The molecule has 9 nitrogen and oxygen atoms in total. The molecule has 0 saturated heterocycles. The number of hydrogen-bond donors (Lipinski definition) is 1. The number of ether oxygens (including phenoxy) is 2. The minimum atomic E-state index is -0.939. The van der Waals surface area contributed by atoms with Crippen LogP contribution >= 0.6 is 0 Å². The summed E-state index contributed by atoms with van der Waals surface area (Å²) >= 11 is 0. The number of allylic oxidation sites excluding steroid dienone is 1. The first-order valence-corrected chi connectivity index (χ1v) is 13.5. The first kappa shape index (κ1) is 32.8. The number of nitrogens with zero attached hydrogens (tertiary/aromatic N) is 1. The summed E-state index contributed by atoms with van der Waals surface area (Å²) in [6.07, 6.45) is 7.15. The number of amides is 1. The van der Waals surface area contributed by atoms with Crippen LogP contribution in [0, 0.1) is 5.92 Å². The number of aromatic nitrogens is 1. The Balaban J connectivity index is 2.95. The van der Waals surface area contributed by atoms with Gasteiger partial charge in [-0.15, -0.1) is 0 Å². The molecular formula is C29H44N2O7. The summed E-state index contributed by atoms with van der Waals surface area (Å²) in [5, 5.41) is 2.59. The highest BCUT2D eigenvalue weighted by atomic mass is 16.6. The number of carbonyl (C=O) groups excluding carboxylic acids is 4. The second kappa shape index (κ2) is 16.6. The number of rotatable bonds is 16. The van der Waals surface area contributed by atoms with Gasteiger partial charge in [0, 0.05) is 30.7 Å². The van der Waals surface area contributed by atoms with Crippen LogP contribution in [0.3, 0.4) is 0 Å². The largest absolute Gasteiger partial charge is 0.463 e. The fourth-order valence-electron chi connectivity index (χ4n) is 3.88. The van der Waals surface area contributed by atoms with Crippen molar-refractivity contribution < 1.29 is 28.7 Å². The number of nitrogens with one attached hydrogen (secondary N) is 1. The van der Waals surface area contributed by atoms with Gasteiger partial charge in [0.1, 0.15) is 5.60 Å². The minimum Gasteiger partial charge on any atom is -0.463 e. The molecule has 1 N–H and O–H groups in total. The molecule has 0 aliphatic rings. The fourth-order valence-corrected chi connectivity index (χ4v) is 3.88. The molecule has 0 saturated carbocycles. The zero-order valence-corrected chi connectivity index (χ0v) is 23.7. The van der Waals surface area contributed by atoms with E-state index in [2.05, 4.69) is 19.2 Å². The highest BCUT2D eigenvalue weighted by Gasteiger charge is 2.25. The zero-order chi connectivity index (χ0) is 28.7. The van der Waals surface area contributed by atoms with E-state index in [9.17, 15) is 24.0 Å². The van der Waals surface area contributed by atoms with Crippen LogP contribution in [0.15, 0.2) is 35.3 Å². The molecule has 0 bridgehead atoms. The Morgan fingerprint density at radius 3 is 2.37 bits per heavy atom. The molecule has 1 aromatic heterocycles. The molecule has 0 aliphatic heterocycles. The Labute approximate surface area is 226 Å². The Hall–Kier alpha value is -3.23. The van der Waals surface area contributed by atoms with Crippen molar-refractivity contribution in [2.24, 2.45) is 5.92 Å². The average Bonchev–Trinajstić information content (AvgIpc) is 2.83. The van der Waals surface area contributed by atoms with Crippen molar-refractivity contribution in [1.82, 2.24) is 9.88 Å². The molecule has 9 heteroatoms. The lowest BCUT2D eigenvalue weighted by Crippen LogP contribution is -2.44. The molecule has 1 rings (SSSR count). The molecule has 0 unspecified atom stereocenters. The molecule has 1 heterocycles. The average molecular weight is 533 g/mol. The second-order valence-electron chi connectivity index (χ2n) is 10.3. The van der Waals surface area contributed by atoms with Crippen LogP contribution in [0.4, 0.5) is 4.79 Å². The summed E-state index contributed by atoms with van der Waals surface area (Å²) in [5.41, 5.74) is -0.923. The van der Waals surface area contributed by atoms with Crippen LogP contribution in [0.1, 0.15) is 85.6 Å². The molecule has 0 aliphatic carbocycles. The van der Waals surface area contributed by atoms with E-state index in [0.29, 0.717) is 18.8 Å². The topological polar surface area (TPSA) is 121 Å². The van der Waals surface area contributed by atoms with Gasteiger partial charge in [-0.2, -0.15) is 0 Å². The lowest BCUT2D eigenvalue weighted by atomic mass is 9.96. The van der Waals surface area contributed by atoms with E-state index in [4.69, 9.17) is 9.47 Å². The third kappa shape index (κ3) is 12.8. The van der Waals surface area contributed by atoms with Crippen molar-refractivity contribution in [2.75, 3.05) is 6.61 Å². The maximum atomic E-state index is 13.2. The van der Waals surface area contributed by atoms with Crippen molar-refractivity contribution in [2.45, 2.75) is 105 Å². The van der Waals surface area contributed by atoms with E-state index in [-0.39, 0.29) is 43.1 Å². The van der Waals surface area contributed by atoms with Gasteiger partial charge in [0.05, 0.1) is 19.2 Å². The van der Waals surface area contributed by atoms with E-state index in [0.717, 1.165) is 19.3 Å². The lowest BCUT2D eigenvalue weighted by molar-refractivity contribution is -0.137. The first-order valence-electron chi connectivity index (χ1n) is 13.5. The van der Waals surface area contributed by atoms with Gasteiger partial charge in [0.25, 0.3) is 5.56 Å². The van der Waals surface area contributed by atoms with Gasteiger partial charge in [-0.05, 0) is 58.9 Å². The standard InChI is InChI=1S/C29H44N2O7/c1-7-21(8-2)16-17-23(32)20-31-18-12-13-22(27(31)35)19-25(33)24(30-28(36)38-29(4,5)6)14-10-11-15-26(34)37-9-3/h11-13,15,18,21,24H,7-10,14,16-17,19-20H2,1-6H3,(H,30,36)/b15-11+/t24-/m0/s1. The van der Waals surface area contributed by atoms with E-state index >= 15 is 0 Å². The molecule has 0 aromatic carbocycles. The van der Waals surface area contributed by atoms with Crippen LogP contribution in [-0.2, 0) is 36.8 Å². The van der Waals surface area contributed by atoms with Crippen LogP contribution in [0.25, 0.3) is 0 Å². The molecule has 1 atom stereocenters. The zero-order valence-electron chi connectivity index (χ0n) is 23.7. The summed E-state index contributed by atoms with van der Waals surface area (Å²) in [5.74, 6) is -0.411. The molecule has 1 aromatic rings. The summed E-state index contributed by atoms with van der Waals surface area (Å²) in [7, 11) is 0. The van der Waals surface area contributed by atoms with Gasteiger partial charge < -0.3 is 19.4 Å². The summed E-state index contributed by atoms with van der Waals surface area (Å²) < 4.78 is 11.5. The SMILES string of the molecule is CCOC(=O)/C=C/CC[C@H](NC(=O)OC(C)(C)C)C(=O)Cc1cccn(CC(=O)CCC(CC)CC)c1=O. The third-order valence-corrected chi connectivity index (χ3v) is 6.04. The maximum Gasteiger partial charge on any atom is 0.408 e. The van der Waals surface area contributed by atoms with Crippen molar-refractivity contribution in [3.05, 3.63) is 46.4 Å². The van der Waals surface area contributed by atoms with Gasteiger partial charge in [0.2, 0.25) is 0 Å². The number of esters is 1. The number of ketones is 2. The monoisotopic (exact) mass is 532 g/mol. The van der Waals surface area contributed by atoms with Crippen LogP contribution in [0.5, 0.6) is 0 Å². The molecule has 0 spiro atoms. The first-order chi connectivity index (χ1) is 17.9. The molecule has 38 heavy (non-hydrogen) atoms. The number of hydrogen-bond acceptors (Lipinski definition) is 7. The summed E-state index contributed by atoms with van der Waals surface area (Å²) in [6, 6.07) is 2.25. The van der Waals surface area contributed by atoms with E-state index in [1.807, 2.05) is 0 Å². The third-order valence-electron chi connectivity index (χ3n) is 6.04. The Bertz CT molecular complexity index is 1020. The number of pyridine rings is 1. The highest BCUT2D eigenvalue weighted by Crippen LogP contribution is 2.15. The van der Waals surface area contributed by atoms with Gasteiger partial charge in [-0.25, -0.2) is 9.59 Å². The molecule has 1 amide bonds. The van der Waals surface area contributed by atoms with Crippen LogP contribution < -0.4 is 10.9 Å². The predicted octanol–water partition coefficient (Wildman–Crippen LogP) is 4.54. The van der Waals surface area contributed by atoms with Crippen molar-refractivity contribution in [3.8, 4) is 0 Å². The smallest absolute Gasteiger partial charge is 0.408 e. The number of Topliss-reactive ketones (excluding diaryl/α,β-unsaturated/α-hetero) is 2. The molecule has 212 valence electrons. The number of carbonyl (C=O) groups is 4. The minimum absolute atomic E-state index is 0.0275. The lowest BCUT2D eigenvalue weighted by Gasteiger charge is -2.23. The van der Waals surface area contributed by atoms with Gasteiger partial charge >= 0.3 is 12.1 Å². The highest BCUT2D eigenvalue weighted by molar-refractivity contribution is 5.89. The Kier molecular flexibility index (Phi) is 14.3. The van der Waals surface area contributed by atoms with Crippen molar-refractivity contribution in [1.29, 1.82) is 0 Å². The van der Waals surface area contributed by atoms with Crippen LogP contribution in [-0.4, -0.2) is 46.4 Å². The van der Waals surface area contributed by atoms with Gasteiger partial charge in [-0.1, -0.05) is 38.8 Å². The number of alkyl carbamates (subject to hydrolysis) is 1.